The van der Waals surface area contributed by atoms with E-state index in [0.29, 0.717) is 13.1 Å². The summed E-state index contributed by atoms with van der Waals surface area (Å²) in [7, 11) is 0. The standard InChI is InChI=1S/C8H16ClN.C8H7NS.C7H8ClN.CH2O2.2K.H/c9-5-4-8-10-6-2-1-3-7-10;10-7-9-6-8-4-2-1-3-5-8;8-7-3-1-6(5-9)2-4-7;2-1-3;;;/h1-8H2;1-5H,6H2;1-4H,5,9H2;1H,(H,2,3);;;/q;;;;2*+1;-1/p-1. The molecule has 1 fully saturated rings. The summed E-state index contributed by atoms with van der Waals surface area (Å²) in [5.74, 6) is 0.816. The van der Waals surface area contributed by atoms with Gasteiger partial charge in [0.1, 0.15) is 0 Å². The number of aliphatic imine (C=N–C) groups is 1. The maximum Gasteiger partial charge on any atom is 1.00 e. The largest absolute Gasteiger partial charge is 1.00 e. The number of thiocarbonyl (C=S) groups is 1. The fraction of sp³-hybridized carbons (Fsp3) is 0.417. The molecule has 2 aromatic carbocycles. The Balaban J connectivity index is -0.000000187. The fourth-order valence-electron chi connectivity index (χ4n) is 2.79. The zero-order chi connectivity index (χ0) is 23.9. The number of hydrogen-bond donors (Lipinski definition) is 1. The van der Waals surface area contributed by atoms with E-state index in [1.54, 1.807) is 0 Å². The molecule has 0 amide bonds. The summed E-state index contributed by atoms with van der Waals surface area (Å²) >= 11 is 15.7. The van der Waals surface area contributed by atoms with E-state index < -0.39 is 6.47 Å². The number of carboxylic acid groups (broad SMARTS) is 1. The van der Waals surface area contributed by atoms with Crippen LogP contribution >= 0.6 is 35.4 Å². The second-order valence-electron chi connectivity index (χ2n) is 6.76. The Morgan fingerprint density at radius 1 is 1.06 bits per heavy atom. The van der Waals surface area contributed by atoms with Crippen molar-refractivity contribution in [2.24, 2.45) is 10.7 Å². The molecule has 0 bridgehead atoms. The number of likely N-dealkylation sites (tertiary alicyclic amines) is 1. The first-order valence-electron chi connectivity index (χ1n) is 10.5. The summed E-state index contributed by atoms with van der Waals surface area (Å²) in [4.78, 5) is 14.6. The summed E-state index contributed by atoms with van der Waals surface area (Å²) in [6.07, 6.45) is 5.36. The molecule has 1 heterocycles. The molecule has 1 aliphatic rings. The van der Waals surface area contributed by atoms with E-state index >= 15 is 0 Å². The molecule has 0 aliphatic carbocycles. The van der Waals surface area contributed by atoms with Crippen molar-refractivity contribution in [3.8, 4) is 0 Å². The molecule has 0 aromatic heterocycles. The van der Waals surface area contributed by atoms with Gasteiger partial charge in [-0.1, -0.05) is 60.5 Å². The van der Waals surface area contributed by atoms with Gasteiger partial charge >= 0.3 is 103 Å². The molecule has 178 valence electrons. The molecule has 34 heavy (non-hydrogen) atoms. The van der Waals surface area contributed by atoms with Crippen molar-refractivity contribution in [1.82, 2.24) is 4.90 Å². The molecular formula is C24H33Cl2K2N3O2S. The van der Waals surface area contributed by atoms with Crippen molar-refractivity contribution in [3.05, 3.63) is 70.7 Å². The minimum atomic E-state index is -0.500. The summed E-state index contributed by atoms with van der Waals surface area (Å²) in [5, 5.41) is 11.3. The van der Waals surface area contributed by atoms with Crippen molar-refractivity contribution in [1.29, 1.82) is 0 Å². The Kier molecular flexibility index (Phi) is 36.1. The fourth-order valence-corrected chi connectivity index (χ4v) is 3.10. The van der Waals surface area contributed by atoms with Crippen LogP contribution in [0.25, 0.3) is 0 Å². The molecule has 1 saturated heterocycles. The van der Waals surface area contributed by atoms with E-state index in [2.05, 4.69) is 27.3 Å². The molecule has 5 nitrogen and oxygen atoms in total. The first-order chi connectivity index (χ1) is 15.6. The van der Waals surface area contributed by atoms with Gasteiger partial charge in [0.15, 0.2) is 0 Å². The summed E-state index contributed by atoms with van der Waals surface area (Å²) < 4.78 is 0. The van der Waals surface area contributed by atoms with E-state index in [0.717, 1.165) is 22.9 Å². The van der Waals surface area contributed by atoms with E-state index in [1.807, 2.05) is 54.6 Å². The van der Waals surface area contributed by atoms with E-state index in [9.17, 15) is 0 Å². The van der Waals surface area contributed by atoms with E-state index in [4.69, 9.17) is 38.8 Å². The predicted octanol–water partition coefficient (Wildman–Crippen LogP) is -1.32. The molecule has 0 unspecified atom stereocenters. The zero-order valence-electron chi connectivity index (χ0n) is 21.3. The molecule has 1 aliphatic heterocycles. The maximum absolute atomic E-state index is 8.25. The Hall–Kier alpha value is 1.48. The molecule has 0 radical (unpaired) electrons. The Morgan fingerprint density at radius 3 is 2.09 bits per heavy atom. The monoisotopic (exact) mass is 575 g/mol. The number of halogens is 2. The third-order valence-electron chi connectivity index (χ3n) is 4.37. The van der Waals surface area contributed by atoms with Crippen molar-refractivity contribution in [2.75, 3.05) is 25.5 Å². The van der Waals surface area contributed by atoms with Crippen LogP contribution in [0, 0.1) is 0 Å². The summed E-state index contributed by atoms with van der Waals surface area (Å²) in [6.45, 7) is 4.54. The van der Waals surface area contributed by atoms with Crippen molar-refractivity contribution >= 4 is 47.1 Å². The van der Waals surface area contributed by atoms with Gasteiger partial charge < -0.3 is 22.0 Å². The number of rotatable bonds is 6. The van der Waals surface area contributed by atoms with Crippen LogP contribution in [0.4, 0.5) is 0 Å². The predicted molar refractivity (Wildman–Crippen MR) is 137 cm³/mol. The number of piperidine rings is 1. The van der Waals surface area contributed by atoms with Crippen LogP contribution in [0.3, 0.4) is 0 Å². The number of nitrogens with zero attached hydrogens (tertiary/aromatic N) is 2. The van der Waals surface area contributed by atoms with Gasteiger partial charge in [-0.05, 0) is 74.4 Å². The topological polar surface area (TPSA) is 81.8 Å². The van der Waals surface area contributed by atoms with Crippen LogP contribution in [0.1, 0.15) is 38.2 Å². The number of alkyl halides is 1. The first-order valence-corrected chi connectivity index (χ1v) is 11.8. The molecule has 0 atom stereocenters. The minimum Gasteiger partial charge on any atom is -1.00 e. The van der Waals surface area contributed by atoms with Gasteiger partial charge in [-0.2, -0.15) is 0 Å². The number of benzene rings is 2. The Labute approximate surface area is 306 Å². The van der Waals surface area contributed by atoms with Crippen LogP contribution in [0.15, 0.2) is 59.6 Å². The summed E-state index contributed by atoms with van der Waals surface area (Å²) in [6, 6.07) is 17.5. The van der Waals surface area contributed by atoms with Crippen LogP contribution < -0.4 is 114 Å². The number of isothiocyanates is 1. The van der Waals surface area contributed by atoms with E-state index in [1.165, 1.54) is 44.5 Å². The minimum absolute atomic E-state index is 0. The second-order valence-corrected chi connectivity index (χ2v) is 7.76. The Morgan fingerprint density at radius 2 is 1.62 bits per heavy atom. The molecule has 3 rings (SSSR count). The Bertz CT molecular complexity index is 754. The molecule has 2 N–H and O–H groups in total. The van der Waals surface area contributed by atoms with Crippen LogP contribution in [-0.2, 0) is 17.9 Å². The first kappa shape index (κ1) is 40.0. The van der Waals surface area contributed by atoms with Crippen LogP contribution in [0.2, 0.25) is 5.02 Å². The van der Waals surface area contributed by atoms with Gasteiger partial charge in [-0.3, -0.25) is 0 Å². The van der Waals surface area contributed by atoms with Gasteiger partial charge in [0, 0.05) is 23.9 Å². The van der Waals surface area contributed by atoms with Crippen LogP contribution in [-0.4, -0.2) is 42.0 Å². The number of carbonyl (C=O) groups excluding carboxylic acids is 1. The van der Waals surface area contributed by atoms with Gasteiger partial charge in [0.05, 0.1) is 11.7 Å². The SMILES string of the molecule is ClCCCN1CCCCC1.NCc1ccc(Cl)cc1.O=C[O-].S=C=NCc1ccccc1.[H-].[K+].[K+]. The molecule has 0 spiro atoms. The molecular weight excluding hydrogens is 543 g/mol. The number of hydrogen-bond acceptors (Lipinski definition) is 6. The van der Waals surface area contributed by atoms with Gasteiger partial charge in [0.25, 0.3) is 0 Å². The van der Waals surface area contributed by atoms with E-state index in [-0.39, 0.29) is 104 Å². The average Bonchev–Trinajstić information content (AvgIpc) is 2.84. The average molecular weight is 577 g/mol. The third-order valence-corrected chi connectivity index (χ3v) is 5.02. The van der Waals surface area contributed by atoms with Gasteiger partial charge in [-0.25, -0.2) is 4.99 Å². The van der Waals surface area contributed by atoms with Gasteiger partial charge in [-0.15, -0.1) is 11.6 Å². The van der Waals surface area contributed by atoms with Gasteiger partial charge in [0.2, 0.25) is 0 Å². The molecule has 2 aromatic rings. The molecule has 0 saturated carbocycles. The smallest absolute Gasteiger partial charge is 1.00 e. The second kappa shape index (κ2) is 30.7. The number of nitrogens with two attached hydrogens (primary N) is 1. The molecule has 10 heteroatoms. The van der Waals surface area contributed by atoms with Crippen LogP contribution in [0.5, 0.6) is 0 Å². The summed E-state index contributed by atoms with van der Waals surface area (Å²) in [5.41, 5.74) is 7.63. The zero-order valence-corrected chi connectivity index (χ0v) is 28.9. The number of carbonyl (C=O) groups is 1. The van der Waals surface area contributed by atoms with Crippen molar-refractivity contribution < 1.29 is 114 Å². The quantitative estimate of drug-likeness (QED) is 0.152. The third kappa shape index (κ3) is 25.1. The van der Waals surface area contributed by atoms with Crippen molar-refractivity contribution in [3.63, 3.8) is 0 Å². The van der Waals surface area contributed by atoms with Crippen molar-refractivity contribution in [2.45, 2.75) is 38.8 Å². The maximum atomic E-state index is 8.25. The normalized spacial score (nSPS) is 11.6.